The predicted molar refractivity (Wildman–Crippen MR) is 212 cm³/mol. The number of carbonyl (C=O) groups is 3. The van der Waals surface area contributed by atoms with Crippen LogP contribution in [0.2, 0.25) is 0 Å². The molecule has 0 radical (unpaired) electrons. The molecule has 0 bridgehead atoms. The summed E-state index contributed by atoms with van der Waals surface area (Å²) >= 11 is 0. The Hall–Kier alpha value is -3.01. The van der Waals surface area contributed by atoms with Gasteiger partial charge in [-0.05, 0) is 120 Å². The standard InChI is InChI=1S/C46H68O9/c1-13-27(5)38(50)53-26-42(10)32-19-21-43(11)33(45(32,16-4)22-20-35(42)54-39(51)28(6)14-2)18-17-30-31-23-41(8,9)37(55-40(52)29(7)15-3)36(49)46(31,25-47)34(48)24-44(30,43)12/h13-17,31-37,47-49H,4,18-26H2,1-3,5-12H3/b27-13+,28-14+,29-15+/t31?,32?,33?,34-,35+,36+,37+,42-,43-,44-,45+,46+/m1/s1. The minimum Gasteiger partial charge on any atom is -0.462 e. The molecule has 12 atom stereocenters. The van der Waals surface area contributed by atoms with Gasteiger partial charge in [-0.25, -0.2) is 14.4 Å². The number of carbonyl (C=O) groups excluding carboxylic acids is 3. The molecule has 0 saturated heterocycles. The van der Waals surface area contributed by atoms with E-state index in [0.717, 1.165) is 31.3 Å². The van der Waals surface area contributed by atoms with Crippen LogP contribution in [0.25, 0.3) is 0 Å². The molecule has 5 aliphatic carbocycles. The molecule has 0 aromatic heterocycles. The highest BCUT2D eigenvalue weighted by molar-refractivity contribution is 5.88. The van der Waals surface area contributed by atoms with Crippen molar-refractivity contribution in [3.63, 3.8) is 0 Å². The van der Waals surface area contributed by atoms with Gasteiger partial charge in [-0.2, -0.15) is 0 Å². The van der Waals surface area contributed by atoms with Crippen molar-refractivity contribution < 1.29 is 43.9 Å². The number of fused-ring (bicyclic) bond motifs is 7. The van der Waals surface area contributed by atoms with Crippen molar-refractivity contribution in [1.29, 1.82) is 0 Å². The molecule has 9 heteroatoms. The van der Waals surface area contributed by atoms with Gasteiger partial charge in [-0.3, -0.25) is 0 Å². The zero-order valence-corrected chi connectivity index (χ0v) is 35.3. The average Bonchev–Trinajstić information content (AvgIpc) is 3.15. The zero-order chi connectivity index (χ0) is 41.1. The molecule has 5 rings (SSSR count). The highest BCUT2D eigenvalue weighted by Gasteiger charge is 2.73. The van der Waals surface area contributed by atoms with Crippen molar-refractivity contribution in [2.45, 2.75) is 146 Å². The molecule has 0 aliphatic heterocycles. The lowest BCUT2D eigenvalue weighted by atomic mass is 9.32. The van der Waals surface area contributed by atoms with Crippen LogP contribution in [0.4, 0.5) is 0 Å². The fourth-order valence-electron chi connectivity index (χ4n) is 12.3. The molecule has 3 unspecified atom stereocenters. The van der Waals surface area contributed by atoms with Crippen LogP contribution >= 0.6 is 0 Å². The third-order valence-electron chi connectivity index (χ3n) is 16.4. The van der Waals surface area contributed by atoms with Gasteiger partial charge in [0.15, 0.2) is 0 Å². The van der Waals surface area contributed by atoms with Crippen molar-refractivity contribution in [3.05, 3.63) is 59.3 Å². The van der Waals surface area contributed by atoms with E-state index in [9.17, 15) is 29.7 Å². The molecular formula is C46H68O9. The molecule has 0 amide bonds. The van der Waals surface area contributed by atoms with Crippen LogP contribution in [0.1, 0.15) is 121 Å². The Morgan fingerprint density at radius 3 is 1.98 bits per heavy atom. The Morgan fingerprint density at radius 1 is 0.836 bits per heavy atom. The molecule has 0 aromatic carbocycles. The first kappa shape index (κ1) is 43.1. The van der Waals surface area contributed by atoms with E-state index in [2.05, 4.69) is 39.5 Å². The second-order valence-corrected chi connectivity index (χ2v) is 19.0. The summed E-state index contributed by atoms with van der Waals surface area (Å²) in [6, 6.07) is 0. The van der Waals surface area contributed by atoms with E-state index in [0.29, 0.717) is 36.0 Å². The maximum absolute atomic E-state index is 13.3. The maximum atomic E-state index is 13.3. The molecule has 3 N–H and O–H groups in total. The minimum absolute atomic E-state index is 0.0261. The van der Waals surface area contributed by atoms with Crippen molar-refractivity contribution in [3.8, 4) is 0 Å². The van der Waals surface area contributed by atoms with Gasteiger partial charge >= 0.3 is 17.9 Å². The molecule has 5 aliphatic rings. The number of hydrogen-bond donors (Lipinski definition) is 3. The summed E-state index contributed by atoms with van der Waals surface area (Å²) in [5.74, 6) is -1.55. The smallest absolute Gasteiger partial charge is 0.333 e. The summed E-state index contributed by atoms with van der Waals surface area (Å²) in [6.07, 6.45) is 10.3. The lowest BCUT2D eigenvalue weighted by Gasteiger charge is -2.72. The van der Waals surface area contributed by atoms with E-state index in [4.69, 9.17) is 14.2 Å². The summed E-state index contributed by atoms with van der Waals surface area (Å²) in [4.78, 5) is 39.4. The lowest BCUT2D eigenvalue weighted by Crippen LogP contribution is -2.72. The van der Waals surface area contributed by atoms with Gasteiger partial charge in [0.25, 0.3) is 0 Å². The summed E-state index contributed by atoms with van der Waals surface area (Å²) in [7, 11) is 0. The normalized spacial score (nSPS) is 42.7. The van der Waals surface area contributed by atoms with Crippen LogP contribution in [0.5, 0.6) is 0 Å². The first-order chi connectivity index (χ1) is 25.6. The van der Waals surface area contributed by atoms with Gasteiger partial charge in [-0.1, -0.05) is 70.6 Å². The molecule has 306 valence electrons. The van der Waals surface area contributed by atoms with Crippen LogP contribution in [0, 0.1) is 50.2 Å². The Kier molecular flexibility index (Phi) is 11.8. The summed E-state index contributed by atoms with van der Waals surface area (Å²) in [6.45, 7) is 25.4. The molecule has 0 heterocycles. The van der Waals surface area contributed by atoms with Gasteiger partial charge in [0.1, 0.15) is 24.9 Å². The van der Waals surface area contributed by atoms with Gasteiger partial charge in [0.2, 0.25) is 0 Å². The SMILES string of the molecule is C=C[C@]12CC[C@H](OC(=O)/C(C)=C/C)[C@](C)(COC(=O)/C(C)=C/C)C1CC[C@]1(C)C2CC=C2C3CC(C)(C)[C@@H](OC(=O)/C(C)=C/C)[C@H](O)[C@]3(CO)[C@H](O)C[C@]21C. The van der Waals surface area contributed by atoms with Crippen molar-refractivity contribution in [1.82, 2.24) is 0 Å². The van der Waals surface area contributed by atoms with Gasteiger partial charge < -0.3 is 29.5 Å². The predicted octanol–water partition coefficient (Wildman–Crippen LogP) is 7.74. The second kappa shape index (κ2) is 15.1. The second-order valence-electron chi connectivity index (χ2n) is 19.0. The largest absolute Gasteiger partial charge is 0.462 e. The van der Waals surface area contributed by atoms with E-state index in [-0.39, 0.29) is 41.7 Å². The number of aliphatic hydroxyl groups is 3. The molecular weight excluding hydrogens is 696 g/mol. The van der Waals surface area contributed by atoms with E-state index in [1.807, 2.05) is 20.8 Å². The van der Waals surface area contributed by atoms with E-state index < -0.39 is 64.1 Å². The van der Waals surface area contributed by atoms with E-state index in [1.165, 1.54) is 0 Å². The van der Waals surface area contributed by atoms with Crippen LogP contribution in [-0.4, -0.2) is 70.9 Å². The van der Waals surface area contributed by atoms with Crippen LogP contribution < -0.4 is 0 Å². The monoisotopic (exact) mass is 764 g/mol. The van der Waals surface area contributed by atoms with E-state index in [1.54, 1.807) is 52.8 Å². The van der Waals surface area contributed by atoms with Crippen LogP contribution in [-0.2, 0) is 28.6 Å². The zero-order valence-electron chi connectivity index (χ0n) is 35.3. The fourth-order valence-corrected chi connectivity index (χ4v) is 12.3. The average molecular weight is 765 g/mol. The number of hydrogen-bond acceptors (Lipinski definition) is 9. The Balaban J connectivity index is 1.58. The maximum Gasteiger partial charge on any atom is 0.333 e. The Bertz CT molecular complexity index is 1680. The Labute approximate surface area is 329 Å². The van der Waals surface area contributed by atoms with Crippen molar-refractivity contribution >= 4 is 17.9 Å². The minimum atomic E-state index is -1.31. The quantitative estimate of drug-likeness (QED) is 0.0931. The topological polar surface area (TPSA) is 140 Å². The summed E-state index contributed by atoms with van der Waals surface area (Å²) < 4.78 is 18.3. The molecule has 9 nitrogen and oxygen atoms in total. The summed E-state index contributed by atoms with van der Waals surface area (Å²) in [5, 5.41) is 35.9. The van der Waals surface area contributed by atoms with Crippen LogP contribution in [0.3, 0.4) is 0 Å². The number of rotatable bonds is 9. The third-order valence-corrected chi connectivity index (χ3v) is 16.4. The molecule has 4 fully saturated rings. The number of allylic oxidation sites excluding steroid dienone is 6. The third kappa shape index (κ3) is 6.33. The first-order valence-corrected chi connectivity index (χ1v) is 20.4. The molecule has 0 spiro atoms. The molecule has 55 heavy (non-hydrogen) atoms. The van der Waals surface area contributed by atoms with Gasteiger partial charge in [0, 0.05) is 27.5 Å². The first-order valence-electron chi connectivity index (χ1n) is 20.4. The van der Waals surface area contributed by atoms with Crippen molar-refractivity contribution in [2.24, 2.45) is 50.2 Å². The number of ether oxygens (including phenoxy) is 3. The number of aliphatic hydroxyl groups excluding tert-OH is 3. The highest BCUT2D eigenvalue weighted by Crippen LogP contribution is 2.76. The van der Waals surface area contributed by atoms with Crippen molar-refractivity contribution in [2.75, 3.05) is 13.2 Å². The highest BCUT2D eigenvalue weighted by atomic mass is 16.6. The molecule has 4 saturated carbocycles. The van der Waals surface area contributed by atoms with Crippen LogP contribution in [0.15, 0.2) is 59.3 Å². The summed E-state index contributed by atoms with van der Waals surface area (Å²) in [5.41, 5.74) is -1.27. The number of esters is 3. The lowest BCUT2D eigenvalue weighted by molar-refractivity contribution is -0.260. The fraction of sp³-hybridized carbons (Fsp3) is 0.717. The van der Waals surface area contributed by atoms with Gasteiger partial charge in [0.05, 0.1) is 18.1 Å². The van der Waals surface area contributed by atoms with E-state index >= 15 is 0 Å². The Morgan fingerprint density at radius 2 is 1.42 bits per heavy atom. The van der Waals surface area contributed by atoms with Gasteiger partial charge in [-0.15, -0.1) is 6.58 Å². The molecule has 0 aromatic rings.